The van der Waals surface area contributed by atoms with Crippen molar-refractivity contribution in [1.82, 2.24) is 14.5 Å². The Hall–Kier alpha value is -3.40. The molecule has 34 heavy (non-hydrogen) atoms. The quantitative estimate of drug-likeness (QED) is 0.618. The van der Waals surface area contributed by atoms with Gasteiger partial charge in [-0.3, -0.25) is 19.0 Å². The Balaban J connectivity index is 1.14. The molecule has 9 nitrogen and oxygen atoms in total. The second-order valence-electron chi connectivity index (χ2n) is 8.95. The van der Waals surface area contributed by atoms with E-state index in [1.54, 1.807) is 27.7 Å². The molecule has 3 aromatic rings. The van der Waals surface area contributed by atoms with Gasteiger partial charge in [0.15, 0.2) is 11.5 Å². The molecule has 3 aliphatic heterocycles. The number of nitrogens with one attached hydrogen (secondary N) is 1. The molecule has 0 radical (unpaired) electrons. The van der Waals surface area contributed by atoms with Crippen molar-refractivity contribution in [2.75, 3.05) is 25.2 Å². The zero-order valence-corrected chi connectivity index (χ0v) is 19.6. The number of aryl methyl sites for hydroxylation is 2. The van der Waals surface area contributed by atoms with Crippen molar-refractivity contribution in [3.63, 3.8) is 0 Å². The molecule has 0 spiro atoms. The fourth-order valence-corrected chi connectivity index (χ4v) is 6.14. The van der Waals surface area contributed by atoms with Crippen LogP contribution < -0.4 is 20.3 Å². The van der Waals surface area contributed by atoms with Crippen LogP contribution in [0.3, 0.4) is 0 Å². The smallest absolute Gasteiger partial charge is 0.264 e. The van der Waals surface area contributed by atoms with Gasteiger partial charge in [0, 0.05) is 43.7 Å². The zero-order chi connectivity index (χ0) is 23.4. The summed E-state index contributed by atoms with van der Waals surface area (Å²) < 4.78 is 12.4. The van der Waals surface area contributed by atoms with Crippen molar-refractivity contribution >= 4 is 39.1 Å². The van der Waals surface area contributed by atoms with Crippen LogP contribution in [0.25, 0.3) is 10.2 Å². The fourth-order valence-electron chi connectivity index (χ4n) is 4.99. The van der Waals surface area contributed by atoms with E-state index in [2.05, 4.69) is 10.3 Å². The molecule has 2 aromatic heterocycles. The molecule has 1 fully saturated rings. The van der Waals surface area contributed by atoms with E-state index in [1.807, 2.05) is 6.92 Å². The van der Waals surface area contributed by atoms with Crippen molar-refractivity contribution in [2.24, 2.45) is 5.92 Å². The molecule has 0 unspecified atom stereocenters. The molecule has 0 aliphatic carbocycles. The fraction of sp³-hybridized carbons (Fsp3) is 0.417. The summed E-state index contributed by atoms with van der Waals surface area (Å²) in [6.07, 6.45) is 2.90. The number of anilines is 1. The lowest BCUT2D eigenvalue weighted by atomic mass is 9.95. The van der Waals surface area contributed by atoms with Crippen LogP contribution in [0.2, 0.25) is 0 Å². The van der Waals surface area contributed by atoms with Gasteiger partial charge in [0.2, 0.25) is 12.7 Å². The molecule has 0 bridgehead atoms. The summed E-state index contributed by atoms with van der Waals surface area (Å²) in [5.41, 5.74) is 1.34. The molecule has 1 N–H and O–H groups in total. The highest BCUT2D eigenvalue weighted by Gasteiger charge is 2.31. The normalized spacial score (nSPS) is 17.3. The molecule has 176 valence electrons. The Kier molecular flexibility index (Phi) is 5.05. The molecule has 5 heterocycles. The van der Waals surface area contributed by atoms with Crippen molar-refractivity contribution in [3.8, 4) is 11.5 Å². The van der Waals surface area contributed by atoms with E-state index in [4.69, 9.17) is 9.47 Å². The molecule has 0 atom stereocenters. The number of hydrogen-bond donors (Lipinski definition) is 1. The van der Waals surface area contributed by atoms with E-state index < -0.39 is 0 Å². The number of hydrogen-bond acceptors (Lipinski definition) is 7. The minimum atomic E-state index is -0.174. The van der Waals surface area contributed by atoms with Crippen LogP contribution in [-0.2, 0) is 17.8 Å². The number of carbonyl (C=O) groups is 2. The lowest BCUT2D eigenvalue weighted by Crippen LogP contribution is -2.41. The average Bonchev–Trinajstić information content (AvgIpc) is 3.57. The maximum atomic E-state index is 13.3. The monoisotopic (exact) mass is 480 g/mol. The summed E-state index contributed by atoms with van der Waals surface area (Å²) >= 11 is 1.31. The predicted octanol–water partition coefficient (Wildman–Crippen LogP) is 2.93. The third-order valence-corrected chi connectivity index (χ3v) is 8.07. The number of amides is 2. The Morgan fingerprint density at radius 3 is 2.76 bits per heavy atom. The van der Waals surface area contributed by atoms with Crippen LogP contribution >= 0.6 is 11.3 Å². The van der Waals surface area contributed by atoms with Gasteiger partial charge >= 0.3 is 0 Å². The molecule has 10 heteroatoms. The summed E-state index contributed by atoms with van der Waals surface area (Å²) in [4.78, 5) is 46.7. The Bertz CT molecular complexity index is 1390. The van der Waals surface area contributed by atoms with Crippen molar-refractivity contribution in [1.29, 1.82) is 0 Å². The number of benzene rings is 1. The van der Waals surface area contributed by atoms with Gasteiger partial charge in [-0.2, -0.15) is 0 Å². The second kappa shape index (κ2) is 8.12. The van der Waals surface area contributed by atoms with E-state index >= 15 is 0 Å². The SMILES string of the molecule is Cc1c(C(=O)N2CCC(C(=O)Nc3ccc4c(c3)OCO4)CC2)sc2nc3n(c(=O)c12)CCC3. The summed E-state index contributed by atoms with van der Waals surface area (Å²) in [7, 11) is 0. The number of piperidine rings is 1. The third-order valence-electron chi connectivity index (χ3n) is 6.90. The molecular weight excluding hydrogens is 456 g/mol. The van der Waals surface area contributed by atoms with E-state index in [0.29, 0.717) is 70.3 Å². The van der Waals surface area contributed by atoms with Crippen LogP contribution in [0.1, 0.15) is 40.3 Å². The summed E-state index contributed by atoms with van der Waals surface area (Å²) in [6, 6.07) is 5.33. The third kappa shape index (κ3) is 3.44. The molecule has 2 amide bonds. The standard InChI is InChI=1S/C24H24N4O5S/c1-13-19-22(26-18-3-2-8-28(18)23(19)30)34-20(13)24(31)27-9-6-14(7-10-27)21(29)25-15-4-5-16-17(11-15)33-12-32-16/h4-5,11,14H,2-3,6-10,12H2,1H3,(H,25,29). The van der Waals surface area contributed by atoms with E-state index in [1.165, 1.54) is 11.3 Å². The Labute approximate surface area is 199 Å². The van der Waals surface area contributed by atoms with Gasteiger partial charge in [0.1, 0.15) is 10.7 Å². The van der Waals surface area contributed by atoms with Crippen molar-refractivity contribution in [3.05, 3.63) is 44.8 Å². The van der Waals surface area contributed by atoms with Gasteiger partial charge in [0.25, 0.3) is 11.5 Å². The van der Waals surface area contributed by atoms with Crippen LogP contribution in [0, 0.1) is 12.8 Å². The van der Waals surface area contributed by atoms with Crippen LogP contribution in [0.5, 0.6) is 11.5 Å². The molecular formula is C24H24N4O5S. The van der Waals surface area contributed by atoms with Gasteiger partial charge in [-0.1, -0.05) is 0 Å². The van der Waals surface area contributed by atoms with Crippen molar-refractivity contribution < 1.29 is 19.1 Å². The van der Waals surface area contributed by atoms with Gasteiger partial charge in [-0.05, 0) is 43.9 Å². The first kappa shape index (κ1) is 21.2. The predicted molar refractivity (Wildman–Crippen MR) is 127 cm³/mol. The molecule has 3 aliphatic rings. The van der Waals surface area contributed by atoms with Gasteiger partial charge in [-0.25, -0.2) is 4.98 Å². The molecule has 1 saturated heterocycles. The number of nitrogens with zero attached hydrogens (tertiary/aromatic N) is 3. The highest BCUT2D eigenvalue weighted by Crippen LogP contribution is 2.35. The van der Waals surface area contributed by atoms with E-state index in [0.717, 1.165) is 18.7 Å². The number of rotatable bonds is 3. The van der Waals surface area contributed by atoms with Gasteiger partial charge in [0.05, 0.1) is 10.3 Å². The summed E-state index contributed by atoms with van der Waals surface area (Å²) in [6.45, 7) is 3.70. The second-order valence-corrected chi connectivity index (χ2v) is 9.95. The maximum Gasteiger partial charge on any atom is 0.264 e. The Morgan fingerprint density at radius 1 is 1.15 bits per heavy atom. The van der Waals surface area contributed by atoms with Gasteiger partial charge in [-0.15, -0.1) is 11.3 Å². The zero-order valence-electron chi connectivity index (χ0n) is 18.8. The first-order valence-electron chi connectivity index (χ1n) is 11.5. The van der Waals surface area contributed by atoms with Crippen LogP contribution in [0.4, 0.5) is 5.69 Å². The van der Waals surface area contributed by atoms with Gasteiger partial charge < -0.3 is 19.7 Å². The summed E-state index contributed by atoms with van der Waals surface area (Å²) in [5.74, 6) is 1.79. The molecule has 6 rings (SSSR count). The number of likely N-dealkylation sites (tertiary alicyclic amines) is 1. The minimum Gasteiger partial charge on any atom is -0.454 e. The first-order chi connectivity index (χ1) is 16.5. The largest absolute Gasteiger partial charge is 0.454 e. The number of fused-ring (bicyclic) bond motifs is 3. The lowest BCUT2D eigenvalue weighted by Gasteiger charge is -2.31. The van der Waals surface area contributed by atoms with Crippen LogP contribution in [0.15, 0.2) is 23.0 Å². The van der Waals surface area contributed by atoms with Crippen LogP contribution in [-0.4, -0.2) is 46.1 Å². The lowest BCUT2D eigenvalue weighted by molar-refractivity contribution is -0.121. The highest BCUT2D eigenvalue weighted by atomic mass is 32.1. The number of aromatic nitrogens is 2. The Morgan fingerprint density at radius 2 is 1.94 bits per heavy atom. The van der Waals surface area contributed by atoms with Crippen molar-refractivity contribution in [2.45, 2.75) is 39.2 Å². The average molecular weight is 481 g/mol. The van der Waals surface area contributed by atoms with E-state index in [9.17, 15) is 14.4 Å². The van der Waals surface area contributed by atoms with E-state index in [-0.39, 0.29) is 30.1 Å². The molecule has 1 aromatic carbocycles. The maximum absolute atomic E-state index is 13.3. The topological polar surface area (TPSA) is 103 Å². The highest BCUT2D eigenvalue weighted by molar-refractivity contribution is 7.20. The first-order valence-corrected chi connectivity index (χ1v) is 12.3. The summed E-state index contributed by atoms with van der Waals surface area (Å²) in [5, 5.41) is 3.52. The number of ether oxygens (including phenoxy) is 2. The number of thiophene rings is 1. The number of carbonyl (C=O) groups excluding carboxylic acids is 2. The molecule has 0 saturated carbocycles. The minimum absolute atomic E-state index is 0.0378.